The van der Waals surface area contributed by atoms with E-state index in [9.17, 15) is 4.79 Å². The molecule has 1 aliphatic rings. The molecule has 6 nitrogen and oxygen atoms in total. The molecule has 0 aromatic rings. The van der Waals surface area contributed by atoms with E-state index in [0.29, 0.717) is 19.7 Å². The number of ether oxygens (including phenoxy) is 1. The van der Waals surface area contributed by atoms with Gasteiger partial charge in [0.15, 0.2) is 0 Å². The van der Waals surface area contributed by atoms with Crippen LogP contribution in [-0.2, 0) is 9.53 Å². The number of piperazine rings is 1. The molecule has 2 unspecified atom stereocenters. The standard InChI is InChI=1S/C12H26N4O2/c1-10(9-18-3)14-12(17)8-16-5-4-15(2)7-11(16)6-13/h10-11H,4-9,13H2,1-3H3,(H,14,17). The van der Waals surface area contributed by atoms with Gasteiger partial charge in [-0.15, -0.1) is 0 Å². The fourth-order valence-electron chi connectivity index (χ4n) is 2.28. The number of carbonyl (C=O) groups excluding carboxylic acids is 1. The predicted molar refractivity (Wildman–Crippen MR) is 71.4 cm³/mol. The van der Waals surface area contributed by atoms with Crippen LogP contribution in [0.1, 0.15) is 6.92 Å². The highest BCUT2D eigenvalue weighted by Gasteiger charge is 2.25. The van der Waals surface area contributed by atoms with E-state index in [2.05, 4.69) is 22.2 Å². The number of nitrogens with zero attached hydrogens (tertiary/aromatic N) is 2. The molecule has 0 saturated carbocycles. The predicted octanol–water partition coefficient (Wildman–Crippen LogP) is -1.29. The van der Waals surface area contributed by atoms with E-state index in [4.69, 9.17) is 10.5 Å². The summed E-state index contributed by atoms with van der Waals surface area (Å²) in [6.07, 6.45) is 0. The van der Waals surface area contributed by atoms with Gasteiger partial charge in [0.2, 0.25) is 5.91 Å². The van der Waals surface area contributed by atoms with Crippen molar-refractivity contribution in [1.29, 1.82) is 0 Å². The molecule has 0 aromatic carbocycles. The molecule has 2 atom stereocenters. The second-order valence-electron chi connectivity index (χ2n) is 5.05. The van der Waals surface area contributed by atoms with Crippen molar-refractivity contribution in [2.24, 2.45) is 5.73 Å². The second-order valence-corrected chi connectivity index (χ2v) is 5.05. The van der Waals surface area contributed by atoms with E-state index in [0.717, 1.165) is 19.6 Å². The van der Waals surface area contributed by atoms with Crippen molar-refractivity contribution in [1.82, 2.24) is 15.1 Å². The van der Waals surface area contributed by atoms with Crippen LogP contribution < -0.4 is 11.1 Å². The molecule has 3 N–H and O–H groups in total. The molecule has 106 valence electrons. The van der Waals surface area contributed by atoms with Crippen LogP contribution in [0.15, 0.2) is 0 Å². The van der Waals surface area contributed by atoms with Crippen molar-refractivity contribution < 1.29 is 9.53 Å². The summed E-state index contributed by atoms with van der Waals surface area (Å²) in [4.78, 5) is 16.3. The van der Waals surface area contributed by atoms with Crippen molar-refractivity contribution in [2.75, 3.05) is 53.5 Å². The summed E-state index contributed by atoms with van der Waals surface area (Å²) in [5.74, 6) is 0.0440. The summed E-state index contributed by atoms with van der Waals surface area (Å²) in [6, 6.07) is 0.318. The van der Waals surface area contributed by atoms with Gasteiger partial charge in [-0.25, -0.2) is 0 Å². The molecule has 0 aromatic heterocycles. The molecular weight excluding hydrogens is 232 g/mol. The van der Waals surface area contributed by atoms with Gasteiger partial charge in [0.1, 0.15) is 0 Å². The maximum Gasteiger partial charge on any atom is 0.234 e. The molecule has 1 amide bonds. The smallest absolute Gasteiger partial charge is 0.234 e. The van der Waals surface area contributed by atoms with Crippen molar-refractivity contribution in [3.63, 3.8) is 0 Å². The molecule has 0 aliphatic carbocycles. The normalized spacial score (nSPS) is 23.9. The van der Waals surface area contributed by atoms with E-state index >= 15 is 0 Å². The third-order valence-electron chi connectivity index (χ3n) is 3.25. The molecule has 0 bridgehead atoms. The van der Waals surface area contributed by atoms with Crippen LogP contribution in [-0.4, -0.2) is 81.3 Å². The number of nitrogens with one attached hydrogen (secondary N) is 1. The molecule has 6 heteroatoms. The summed E-state index contributed by atoms with van der Waals surface area (Å²) >= 11 is 0. The Morgan fingerprint density at radius 2 is 2.28 bits per heavy atom. The van der Waals surface area contributed by atoms with Crippen LogP contribution in [0.4, 0.5) is 0 Å². The highest BCUT2D eigenvalue weighted by Crippen LogP contribution is 2.06. The lowest BCUT2D eigenvalue weighted by Gasteiger charge is -2.39. The van der Waals surface area contributed by atoms with Crippen LogP contribution in [0.3, 0.4) is 0 Å². The molecule has 18 heavy (non-hydrogen) atoms. The molecule has 1 rings (SSSR count). The Labute approximate surface area is 109 Å². The van der Waals surface area contributed by atoms with E-state index in [1.54, 1.807) is 7.11 Å². The van der Waals surface area contributed by atoms with Gasteiger partial charge in [0.25, 0.3) is 0 Å². The van der Waals surface area contributed by atoms with Crippen LogP contribution in [0.25, 0.3) is 0 Å². The first kappa shape index (κ1) is 15.4. The summed E-state index contributed by atoms with van der Waals surface area (Å²) < 4.78 is 5.00. The fourth-order valence-corrected chi connectivity index (χ4v) is 2.28. The molecule has 1 saturated heterocycles. The number of likely N-dealkylation sites (N-methyl/N-ethyl adjacent to an activating group) is 1. The van der Waals surface area contributed by atoms with Gasteiger partial charge in [0.05, 0.1) is 13.2 Å². The number of methoxy groups -OCH3 is 1. The average molecular weight is 258 g/mol. The van der Waals surface area contributed by atoms with E-state index in [-0.39, 0.29) is 18.0 Å². The maximum absolute atomic E-state index is 11.9. The first-order chi connectivity index (χ1) is 8.56. The number of amides is 1. The number of rotatable bonds is 6. The monoisotopic (exact) mass is 258 g/mol. The van der Waals surface area contributed by atoms with Gasteiger partial charge in [-0.1, -0.05) is 0 Å². The summed E-state index contributed by atoms with van der Waals surface area (Å²) in [6.45, 7) is 6.29. The van der Waals surface area contributed by atoms with Gasteiger partial charge >= 0.3 is 0 Å². The third-order valence-corrected chi connectivity index (χ3v) is 3.25. The Balaban J connectivity index is 2.38. The number of hydrogen-bond donors (Lipinski definition) is 2. The Morgan fingerprint density at radius 3 is 2.89 bits per heavy atom. The van der Waals surface area contributed by atoms with E-state index in [1.807, 2.05) is 6.92 Å². The van der Waals surface area contributed by atoms with E-state index < -0.39 is 0 Å². The highest BCUT2D eigenvalue weighted by atomic mass is 16.5. The molecule has 0 spiro atoms. The van der Waals surface area contributed by atoms with Gasteiger partial charge in [-0.2, -0.15) is 0 Å². The Morgan fingerprint density at radius 1 is 1.56 bits per heavy atom. The lowest BCUT2D eigenvalue weighted by Crippen LogP contribution is -2.57. The number of hydrogen-bond acceptors (Lipinski definition) is 5. The van der Waals surface area contributed by atoms with Crippen LogP contribution in [0.2, 0.25) is 0 Å². The molecule has 1 fully saturated rings. The Bertz CT molecular complexity index is 262. The first-order valence-corrected chi connectivity index (χ1v) is 6.47. The van der Waals surface area contributed by atoms with Crippen LogP contribution in [0, 0.1) is 0 Å². The van der Waals surface area contributed by atoms with Crippen molar-refractivity contribution in [3.05, 3.63) is 0 Å². The van der Waals surface area contributed by atoms with Gasteiger partial charge in [0, 0.05) is 45.4 Å². The fraction of sp³-hybridized carbons (Fsp3) is 0.917. The second kappa shape index (κ2) is 7.68. The third kappa shape index (κ3) is 4.89. The SMILES string of the molecule is COCC(C)NC(=O)CN1CCN(C)CC1CN. The van der Waals surface area contributed by atoms with Gasteiger partial charge in [-0.3, -0.25) is 9.69 Å². The zero-order chi connectivity index (χ0) is 13.5. The Kier molecular flexibility index (Phi) is 6.56. The minimum absolute atomic E-state index is 0.0440. The molecular formula is C12H26N4O2. The lowest BCUT2D eigenvalue weighted by molar-refractivity contribution is -0.124. The summed E-state index contributed by atoms with van der Waals surface area (Å²) in [5.41, 5.74) is 5.76. The molecule has 0 radical (unpaired) electrons. The van der Waals surface area contributed by atoms with Crippen LogP contribution >= 0.6 is 0 Å². The minimum atomic E-state index is 0.0440. The van der Waals surface area contributed by atoms with Crippen LogP contribution in [0.5, 0.6) is 0 Å². The topological polar surface area (TPSA) is 70.8 Å². The summed E-state index contributed by atoms with van der Waals surface area (Å²) in [5, 5.41) is 2.92. The Hall–Kier alpha value is -0.690. The van der Waals surface area contributed by atoms with E-state index in [1.165, 1.54) is 0 Å². The minimum Gasteiger partial charge on any atom is -0.383 e. The molecule has 1 aliphatic heterocycles. The zero-order valence-electron chi connectivity index (χ0n) is 11.7. The zero-order valence-corrected chi connectivity index (χ0v) is 11.7. The summed E-state index contributed by atoms with van der Waals surface area (Å²) in [7, 11) is 3.72. The quantitative estimate of drug-likeness (QED) is 0.620. The van der Waals surface area contributed by atoms with Gasteiger partial charge < -0.3 is 20.7 Å². The number of nitrogens with two attached hydrogens (primary N) is 1. The number of carbonyl (C=O) groups is 1. The van der Waals surface area contributed by atoms with Crippen molar-refractivity contribution in [3.8, 4) is 0 Å². The van der Waals surface area contributed by atoms with Crippen molar-refractivity contribution >= 4 is 5.91 Å². The maximum atomic E-state index is 11.9. The van der Waals surface area contributed by atoms with Crippen molar-refractivity contribution in [2.45, 2.75) is 19.0 Å². The highest BCUT2D eigenvalue weighted by molar-refractivity contribution is 5.78. The molecule has 1 heterocycles. The van der Waals surface area contributed by atoms with Gasteiger partial charge in [-0.05, 0) is 14.0 Å². The first-order valence-electron chi connectivity index (χ1n) is 6.47. The average Bonchev–Trinajstić information content (AvgIpc) is 2.31. The largest absolute Gasteiger partial charge is 0.383 e. The lowest BCUT2D eigenvalue weighted by atomic mass is 10.1.